The van der Waals surface area contributed by atoms with Gasteiger partial charge >= 0.3 is 6.18 Å². The van der Waals surface area contributed by atoms with Gasteiger partial charge in [0.05, 0.1) is 17.6 Å². The van der Waals surface area contributed by atoms with Gasteiger partial charge in [-0.05, 0) is 53.7 Å². The van der Waals surface area contributed by atoms with Gasteiger partial charge in [-0.2, -0.15) is 13.2 Å². The number of rotatable bonds is 5. The molecule has 3 rings (SSSR count). The van der Waals surface area contributed by atoms with Crippen molar-refractivity contribution in [2.45, 2.75) is 6.18 Å². The Morgan fingerprint density at radius 1 is 1.23 bits per heavy atom. The van der Waals surface area contributed by atoms with E-state index in [1.807, 2.05) is 0 Å². The van der Waals surface area contributed by atoms with E-state index in [0.29, 0.717) is 22.2 Å². The Morgan fingerprint density at radius 2 is 1.97 bits per heavy atom. The molecule has 2 aromatic carbocycles. The number of amides is 3. The van der Waals surface area contributed by atoms with E-state index in [1.165, 1.54) is 37.5 Å². The summed E-state index contributed by atoms with van der Waals surface area (Å²) in [5, 5.41) is 11.2. The Morgan fingerprint density at radius 3 is 2.65 bits per heavy atom. The van der Waals surface area contributed by atoms with Gasteiger partial charge in [0.1, 0.15) is 6.54 Å². The van der Waals surface area contributed by atoms with E-state index in [4.69, 9.17) is 4.74 Å². The fourth-order valence-corrected chi connectivity index (χ4v) is 3.53. The molecule has 0 radical (unpaired) electrons. The number of benzene rings is 2. The molecule has 31 heavy (non-hydrogen) atoms. The largest absolute Gasteiger partial charge is 0.504 e. The zero-order chi connectivity index (χ0) is 22.8. The second-order valence-corrected chi connectivity index (χ2v) is 7.32. The molecule has 0 spiro atoms. The smallest absolute Gasteiger partial charge is 0.416 e. The molecule has 162 valence electrons. The first-order chi connectivity index (χ1) is 14.6. The first-order valence-corrected chi connectivity index (χ1v) is 9.49. The summed E-state index contributed by atoms with van der Waals surface area (Å²) in [5.41, 5.74) is -0.573. The van der Waals surface area contributed by atoms with Crippen LogP contribution in [0.25, 0.3) is 6.08 Å². The summed E-state index contributed by atoms with van der Waals surface area (Å²) in [4.78, 5) is 37.6. The maximum absolute atomic E-state index is 12.8. The SMILES string of the molecule is COc1cc(/C=C2\SC(=O)N(CC(=O)Nc3cccc(C(F)(F)F)c3)C2=O)ccc1O. The molecule has 1 aliphatic rings. The molecule has 2 N–H and O–H groups in total. The van der Waals surface area contributed by atoms with Crippen LogP contribution in [0.2, 0.25) is 0 Å². The van der Waals surface area contributed by atoms with Crippen molar-refractivity contribution in [1.29, 1.82) is 0 Å². The summed E-state index contributed by atoms with van der Waals surface area (Å²) in [6.07, 6.45) is -3.17. The van der Waals surface area contributed by atoms with Gasteiger partial charge in [0.2, 0.25) is 5.91 Å². The van der Waals surface area contributed by atoms with E-state index in [2.05, 4.69) is 5.32 Å². The predicted molar refractivity (Wildman–Crippen MR) is 107 cm³/mol. The number of carbonyl (C=O) groups excluding carboxylic acids is 3. The minimum Gasteiger partial charge on any atom is -0.504 e. The lowest BCUT2D eigenvalue weighted by molar-refractivity contribution is -0.137. The van der Waals surface area contributed by atoms with Gasteiger partial charge in [-0.1, -0.05) is 12.1 Å². The quantitative estimate of drug-likeness (QED) is 0.664. The van der Waals surface area contributed by atoms with E-state index in [9.17, 15) is 32.7 Å². The molecule has 0 saturated carbocycles. The second-order valence-electron chi connectivity index (χ2n) is 6.33. The van der Waals surface area contributed by atoms with Crippen LogP contribution in [-0.4, -0.2) is 40.7 Å². The van der Waals surface area contributed by atoms with Crippen LogP contribution in [-0.2, 0) is 15.8 Å². The van der Waals surface area contributed by atoms with E-state index in [0.717, 1.165) is 18.2 Å². The zero-order valence-corrected chi connectivity index (χ0v) is 16.7. The minimum atomic E-state index is -4.57. The number of hydrogen-bond donors (Lipinski definition) is 2. The van der Waals surface area contributed by atoms with Crippen molar-refractivity contribution in [2.24, 2.45) is 0 Å². The van der Waals surface area contributed by atoms with E-state index in [-0.39, 0.29) is 22.1 Å². The van der Waals surface area contributed by atoms with Crippen molar-refractivity contribution in [3.05, 3.63) is 58.5 Å². The number of phenols is 1. The third-order valence-electron chi connectivity index (χ3n) is 4.15. The van der Waals surface area contributed by atoms with Crippen LogP contribution in [0.3, 0.4) is 0 Å². The van der Waals surface area contributed by atoms with Gasteiger partial charge in [0.25, 0.3) is 11.1 Å². The fourth-order valence-electron chi connectivity index (χ4n) is 2.69. The van der Waals surface area contributed by atoms with Crippen LogP contribution in [0.15, 0.2) is 47.4 Å². The highest BCUT2D eigenvalue weighted by atomic mass is 32.2. The van der Waals surface area contributed by atoms with Crippen LogP contribution in [0.4, 0.5) is 23.7 Å². The predicted octanol–water partition coefficient (Wildman–Crippen LogP) is 4.09. The van der Waals surface area contributed by atoms with E-state index in [1.54, 1.807) is 0 Å². The summed E-state index contributed by atoms with van der Waals surface area (Å²) < 4.78 is 43.3. The van der Waals surface area contributed by atoms with Gasteiger partial charge in [-0.25, -0.2) is 0 Å². The molecule has 0 aliphatic carbocycles. The second kappa shape index (κ2) is 8.72. The van der Waals surface area contributed by atoms with Crippen molar-refractivity contribution in [1.82, 2.24) is 4.90 Å². The molecule has 11 heteroatoms. The molecule has 0 atom stereocenters. The number of ether oxygens (including phenoxy) is 1. The van der Waals surface area contributed by atoms with Crippen molar-refractivity contribution >= 4 is 40.6 Å². The number of methoxy groups -OCH3 is 1. The highest BCUT2D eigenvalue weighted by Gasteiger charge is 2.36. The Labute approximate surface area is 178 Å². The lowest BCUT2D eigenvalue weighted by atomic mass is 10.2. The van der Waals surface area contributed by atoms with Gasteiger partial charge in [-0.3, -0.25) is 19.3 Å². The van der Waals surface area contributed by atoms with Crippen molar-refractivity contribution in [2.75, 3.05) is 19.0 Å². The molecule has 1 aliphatic heterocycles. The highest BCUT2D eigenvalue weighted by Crippen LogP contribution is 2.34. The van der Waals surface area contributed by atoms with Crippen LogP contribution < -0.4 is 10.1 Å². The molecular weight excluding hydrogens is 437 g/mol. The van der Waals surface area contributed by atoms with Gasteiger partial charge in [0.15, 0.2) is 11.5 Å². The first kappa shape index (κ1) is 22.2. The number of hydrogen-bond acceptors (Lipinski definition) is 6. The van der Waals surface area contributed by atoms with Crippen LogP contribution in [0, 0.1) is 0 Å². The molecule has 7 nitrogen and oxygen atoms in total. The third kappa shape index (κ3) is 5.18. The maximum Gasteiger partial charge on any atom is 0.416 e. The number of alkyl halides is 3. The Balaban J connectivity index is 1.71. The van der Waals surface area contributed by atoms with E-state index < -0.39 is 35.3 Å². The molecule has 0 aromatic heterocycles. The normalized spacial score (nSPS) is 15.5. The summed E-state index contributed by atoms with van der Waals surface area (Å²) in [6, 6.07) is 8.33. The van der Waals surface area contributed by atoms with Gasteiger partial charge in [0, 0.05) is 5.69 Å². The number of thioether (sulfide) groups is 1. The van der Waals surface area contributed by atoms with Gasteiger partial charge in [-0.15, -0.1) is 0 Å². The number of aromatic hydroxyl groups is 1. The Bertz CT molecular complexity index is 1080. The number of phenolic OH excluding ortho intramolecular Hbond substituents is 1. The maximum atomic E-state index is 12.8. The van der Waals surface area contributed by atoms with Gasteiger partial charge < -0.3 is 15.2 Å². The van der Waals surface area contributed by atoms with Crippen LogP contribution >= 0.6 is 11.8 Å². The average Bonchev–Trinajstić information content (AvgIpc) is 2.96. The standard InChI is InChI=1S/C20H15F3N2O5S/c1-30-15-7-11(5-6-14(15)26)8-16-18(28)25(19(29)31-16)10-17(27)24-13-4-2-3-12(9-13)20(21,22)23/h2-9,26H,10H2,1H3,(H,24,27)/b16-8-. The van der Waals surface area contributed by atoms with E-state index >= 15 is 0 Å². The topological polar surface area (TPSA) is 95.9 Å². The number of halogens is 3. The van der Waals surface area contributed by atoms with Crippen LogP contribution in [0.5, 0.6) is 11.5 Å². The molecule has 2 aromatic rings. The lowest BCUT2D eigenvalue weighted by Gasteiger charge is -2.13. The zero-order valence-electron chi connectivity index (χ0n) is 15.9. The lowest BCUT2D eigenvalue weighted by Crippen LogP contribution is -2.36. The number of nitrogens with zero attached hydrogens (tertiary/aromatic N) is 1. The molecule has 1 saturated heterocycles. The first-order valence-electron chi connectivity index (χ1n) is 8.68. The molecule has 1 fully saturated rings. The average molecular weight is 452 g/mol. The summed E-state index contributed by atoms with van der Waals surface area (Å²) in [7, 11) is 1.36. The Hall–Kier alpha value is -3.47. The molecule has 0 unspecified atom stereocenters. The van der Waals surface area contributed by atoms with Crippen molar-refractivity contribution in [3.63, 3.8) is 0 Å². The number of carbonyl (C=O) groups is 3. The van der Waals surface area contributed by atoms with Crippen LogP contribution in [0.1, 0.15) is 11.1 Å². The summed E-state index contributed by atoms with van der Waals surface area (Å²) in [6.45, 7) is -0.656. The highest BCUT2D eigenvalue weighted by molar-refractivity contribution is 8.18. The monoisotopic (exact) mass is 452 g/mol. The fraction of sp³-hybridized carbons (Fsp3) is 0.150. The summed E-state index contributed by atoms with van der Waals surface area (Å²) in [5.74, 6) is -1.47. The molecule has 3 amide bonds. The number of imide groups is 1. The molecule has 1 heterocycles. The molecular formula is C20H15F3N2O5S. The molecule has 0 bridgehead atoms. The number of anilines is 1. The Kier molecular flexibility index (Phi) is 6.25. The van der Waals surface area contributed by atoms with Crippen molar-refractivity contribution in [3.8, 4) is 11.5 Å². The third-order valence-corrected chi connectivity index (χ3v) is 5.06. The summed E-state index contributed by atoms with van der Waals surface area (Å²) >= 11 is 0.615. The number of nitrogens with one attached hydrogen (secondary N) is 1. The minimum absolute atomic E-state index is 0.0459. The van der Waals surface area contributed by atoms with Crippen molar-refractivity contribution < 1.29 is 37.4 Å².